The quantitative estimate of drug-likeness (QED) is 0.293. The third-order valence-corrected chi connectivity index (χ3v) is 2.60. The number of nitrogens with zero attached hydrogens (tertiary/aromatic N) is 2. The average molecular weight is 237 g/mol. The van der Waals surface area contributed by atoms with Gasteiger partial charge < -0.3 is 16.0 Å². The van der Waals surface area contributed by atoms with Gasteiger partial charge in [-0.1, -0.05) is 30.3 Å². The zero-order valence-corrected chi connectivity index (χ0v) is 10.0. The molecule has 94 valence electrons. The van der Waals surface area contributed by atoms with Gasteiger partial charge in [0, 0.05) is 18.7 Å². The Kier molecular flexibility index (Phi) is 5.45. The van der Waals surface area contributed by atoms with Crippen LogP contribution in [0.3, 0.4) is 0 Å². The second-order valence-corrected chi connectivity index (χ2v) is 3.78. The van der Waals surface area contributed by atoms with Gasteiger partial charge in [-0.15, -0.1) is 0 Å². The molecule has 4 N–H and O–H groups in total. The number of aliphatic hydroxyl groups is 1. The summed E-state index contributed by atoms with van der Waals surface area (Å²) in [5.74, 6) is 0.108. The predicted molar refractivity (Wildman–Crippen MR) is 67.0 cm³/mol. The third kappa shape index (κ3) is 4.05. The first-order valence-electron chi connectivity index (χ1n) is 5.61. The van der Waals surface area contributed by atoms with Crippen LogP contribution in [0.15, 0.2) is 29.4 Å². The molecule has 0 spiro atoms. The van der Waals surface area contributed by atoms with Gasteiger partial charge in [-0.05, 0) is 18.2 Å². The SMILES string of the molecule is CCN(CCO)Cc1cccc(/C(N)=N/O)c1. The third-order valence-electron chi connectivity index (χ3n) is 2.60. The molecule has 1 rings (SSSR count). The molecule has 5 heteroatoms. The molecule has 1 aromatic rings. The Balaban J connectivity index is 2.77. The number of likely N-dealkylation sites (N-methyl/N-ethyl adjacent to an activating group) is 1. The van der Waals surface area contributed by atoms with E-state index in [0.717, 1.165) is 18.7 Å². The second-order valence-electron chi connectivity index (χ2n) is 3.78. The molecule has 0 heterocycles. The lowest BCUT2D eigenvalue weighted by molar-refractivity contribution is 0.197. The lowest BCUT2D eigenvalue weighted by Crippen LogP contribution is -2.26. The molecule has 0 amide bonds. The molecule has 0 atom stereocenters. The topological polar surface area (TPSA) is 82.1 Å². The normalized spacial score (nSPS) is 12.1. The minimum Gasteiger partial charge on any atom is -0.409 e. The molecular formula is C12H19N3O2. The number of amidine groups is 1. The molecule has 0 saturated heterocycles. The summed E-state index contributed by atoms with van der Waals surface area (Å²) >= 11 is 0. The van der Waals surface area contributed by atoms with Crippen molar-refractivity contribution in [2.45, 2.75) is 13.5 Å². The van der Waals surface area contributed by atoms with Gasteiger partial charge in [0.15, 0.2) is 5.84 Å². The molecule has 0 saturated carbocycles. The van der Waals surface area contributed by atoms with Crippen LogP contribution in [0.1, 0.15) is 18.1 Å². The van der Waals surface area contributed by atoms with E-state index in [1.807, 2.05) is 25.1 Å². The molecule has 0 aliphatic heterocycles. The van der Waals surface area contributed by atoms with Gasteiger partial charge in [0.05, 0.1) is 6.61 Å². The fourth-order valence-corrected chi connectivity index (χ4v) is 1.64. The number of hydrogen-bond acceptors (Lipinski definition) is 4. The highest BCUT2D eigenvalue weighted by atomic mass is 16.4. The molecule has 0 bridgehead atoms. The van der Waals surface area contributed by atoms with Gasteiger partial charge >= 0.3 is 0 Å². The summed E-state index contributed by atoms with van der Waals surface area (Å²) in [7, 11) is 0. The van der Waals surface area contributed by atoms with Crippen LogP contribution in [-0.4, -0.2) is 40.7 Å². The number of rotatable bonds is 6. The van der Waals surface area contributed by atoms with Gasteiger partial charge in [-0.3, -0.25) is 4.90 Å². The Hall–Kier alpha value is -1.59. The standard InChI is InChI=1S/C12H19N3O2/c1-2-15(6-7-16)9-10-4-3-5-11(8-10)12(13)14-17/h3-5,8,16-17H,2,6-7,9H2,1H3,(H2,13,14). The number of hydrogen-bond donors (Lipinski definition) is 3. The Morgan fingerprint density at radius 3 is 2.82 bits per heavy atom. The van der Waals surface area contributed by atoms with Crippen LogP contribution in [-0.2, 0) is 6.54 Å². The van der Waals surface area contributed by atoms with E-state index in [0.29, 0.717) is 12.1 Å². The minimum absolute atomic E-state index is 0.108. The molecule has 17 heavy (non-hydrogen) atoms. The highest BCUT2D eigenvalue weighted by molar-refractivity contribution is 5.97. The summed E-state index contributed by atoms with van der Waals surface area (Å²) in [6.45, 7) is 4.44. The Morgan fingerprint density at radius 2 is 2.24 bits per heavy atom. The van der Waals surface area contributed by atoms with Crippen LogP contribution in [0.25, 0.3) is 0 Å². The van der Waals surface area contributed by atoms with Crippen molar-refractivity contribution in [1.29, 1.82) is 0 Å². The first-order valence-corrected chi connectivity index (χ1v) is 5.61. The van der Waals surface area contributed by atoms with Crippen LogP contribution in [0, 0.1) is 0 Å². The summed E-state index contributed by atoms with van der Waals surface area (Å²) in [6, 6.07) is 7.53. The zero-order chi connectivity index (χ0) is 12.7. The van der Waals surface area contributed by atoms with Gasteiger partial charge in [0.2, 0.25) is 0 Å². The fourth-order valence-electron chi connectivity index (χ4n) is 1.64. The smallest absolute Gasteiger partial charge is 0.170 e. The van der Waals surface area contributed by atoms with E-state index in [9.17, 15) is 0 Å². The lowest BCUT2D eigenvalue weighted by Gasteiger charge is -2.19. The molecule has 0 radical (unpaired) electrons. The summed E-state index contributed by atoms with van der Waals surface area (Å²) in [5, 5.41) is 20.5. The monoisotopic (exact) mass is 237 g/mol. The number of aliphatic hydroxyl groups excluding tert-OH is 1. The maximum atomic E-state index is 8.91. The number of nitrogens with two attached hydrogens (primary N) is 1. The lowest BCUT2D eigenvalue weighted by atomic mass is 10.1. The Labute approximate surface area is 101 Å². The Morgan fingerprint density at radius 1 is 1.47 bits per heavy atom. The van der Waals surface area contributed by atoms with Gasteiger partial charge in [0.25, 0.3) is 0 Å². The van der Waals surface area contributed by atoms with Gasteiger partial charge in [0.1, 0.15) is 0 Å². The van der Waals surface area contributed by atoms with Crippen LogP contribution >= 0.6 is 0 Å². The van der Waals surface area contributed by atoms with E-state index in [1.54, 1.807) is 6.07 Å². The molecule has 0 aliphatic carbocycles. The largest absolute Gasteiger partial charge is 0.409 e. The molecule has 5 nitrogen and oxygen atoms in total. The maximum absolute atomic E-state index is 8.91. The zero-order valence-electron chi connectivity index (χ0n) is 10.0. The van der Waals surface area contributed by atoms with Crippen molar-refractivity contribution >= 4 is 5.84 Å². The summed E-state index contributed by atoms with van der Waals surface area (Å²) < 4.78 is 0. The second kappa shape index (κ2) is 6.88. The summed E-state index contributed by atoms with van der Waals surface area (Å²) in [5.41, 5.74) is 7.30. The van der Waals surface area contributed by atoms with E-state index in [1.165, 1.54) is 0 Å². The van der Waals surface area contributed by atoms with Crippen molar-refractivity contribution in [3.8, 4) is 0 Å². The predicted octanol–water partition coefficient (Wildman–Crippen LogP) is 0.595. The minimum atomic E-state index is 0.108. The molecule has 0 unspecified atom stereocenters. The average Bonchev–Trinajstić information content (AvgIpc) is 2.37. The van der Waals surface area contributed by atoms with Crippen LogP contribution < -0.4 is 5.73 Å². The van der Waals surface area contributed by atoms with E-state index in [4.69, 9.17) is 16.0 Å². The molecule has 0 aromatic heterocycles. The highest BCUT2D eigenvalue weighted by Gasteiger charge is 2.05. The number of benzene rings is 1. The van der Waals surface area contributed by atoms with E-state index < -0.39 is 0 Å². The van der Waals surface area contributed by atoms with Crippen molar-refractivity contribution in [2.75, 3.05) is 19.7 Å². The molecule has 0 fully saturated rings. The first kappa shape index (κ1) is 13.5. The fraction of sp³-hybridized carbons (Fsp3) is 0.417. The molecular weight excluding hydrogens is 218 g/mol. The molecule has 1 aromatic carbocycles. The van der Waals surface area contributed by atoms with Crippen molar-refractivity contribution in [1.82, 2.24) is 4.90 Å². The first-order chi connectivity index (χ1) is 8.21. The van der Waals surface area contributed by atoms with Gasteiger partial charge in [-0.2, -0.15) is 0 Å². The van der Waals surface area contributed by atoms with Crippen molar-refractivity contribution < 1.29 is 10.3 Å². The Bertz CT molecular complexity index is 380. The van der Waals surface area contributed by atoms with Crippen LogP contribution in [0.4, 0.5) is 0 Å². The van der Waals surface area contributed by atoms with Crippen molar-refractivity contribution in [3.63, 3.8) is 0 Å². The van der Waals surface area contributed by atoms with Crippen LogP contribution in [0.5, 0.6) is 0 Å². The maximum Gasteiger partial charge on any atom is 0.170 e. The van der Waals surface area contributed by atoms with Crippen LogP contribution in [0.2, 0.25) is 0 Å². The summed E-state index contributed by atoms with van der Waals surface area (Å²) in [6.07, 6.45) is 0. The van der Waals surface area contributed by atoms with E-state index >= 15 is 0 Å². The molecule has 0 aliphatic rings. The van der Waals surface area contributed by atoms with Crippen molar-refractivity contribution in [3.05, 3.63) is 35.4 Å². The summed E-state index contributed by atoms with van der Waals surface area (Å²) in [4.78, 5) is 2.12. The van der Waals surface area contributed by atoms with E-state index in [2.05, 4.69) is 10.1 Å². The van der Waals surface area contributed by atoms with Crippen molar-refractivity contribution in [2.24, 2.45) is 10.9 Å². The highest BCUT2D eigenvalue weighted by Crippen LogP contribution is 2.08. The van der Waals surface area contributed by atoms with E-state index in [-0.39, 0.29) is 12.4 Å². The van der Waals surface area contributed by atoms with Gasteiger partial charge in [-0.25, -0.2) is 0 Å². The number of oxime groups is 1.